The Balaban J connectivity index is 2.82. The lowest BCUT2D eigenvalue weighted by atomic mass is 10.4. The summed E-state index contributed by atoms with van der Waals surface area (Å²) in [6.07, 6.45) is 4.07. The maximum absolute atomic E-state index is 10.8. The van der Waals surface area contributed by atoms with Crippen LogP contribution in [-0.2, 0) is 21.3 Å². The van der Waals surface area contributed by atoms with Crippen molar-refractivity contribution in [2.24, 2.45) is 0 Å². The van der Waals surface area contributed by atoms with Gasteiger partial charge in [0, 0.05) is 23.4 Å². The van der Waals surface area contributed by atoms with Crippen LogP contribution in [0.25, 0.3) is 0 Å². The average molecular weight is 223 g/mol. The molecule has 0 aliphatic rings. The van der Waals surface area contributed by atoms with Crippen molar-refractivity contribution in [1.29, 1.82) is 0 Å². The zero-order chi connectivity index (χ0) is 9.90. The van der Waals surface area contributed by atoms with Gasteiger partial charge < -0.3 is 4.57 Å². The van der Waals surface area contributed by atoms with Gasteiger partial charge in [-0.3, -0.25) is 0 Å². The van der Waals surface area contributed by atoms with Crippen LogP contribution in [-0.4, -0.2) is 18.0 Å². The van der Waals surface area contributed by atoms with Gasteiger partial charge in [0.25, 0.3) is 0 Å². The number of hydrogen-bond acceptors (Lipinski definition) is 3. The summed E-state index contributed by atoms with van der Waals surface area (Å²) in [5.41, 5.74) is 0.636. The normalized spacial score (nSPS) is 11.8. The molecular weight excluding hydrogens is 212 g/mol. The quantitative estimate of drug-likeness (QED) is 0.723. The Kier molecular flexibility index (Phi) is 3.33. The van der Waals surface area contributed by atoms with E-state index in [0.29, 0.717) is 5.69 Å². The topological polar surface area (TPSA) is 52.0 Å². The minimum absolute atomic E-state index is 0.158. The zero-order valence-corrected chi connectivity index (χ0v) is 8.85. The van der Waals surface area contributed by atoms with Gasteiger partial charge in [-0.2, -0.15) is 0 Å². The smallest absolute Gasteiger partial charge is 0.238 e. The molecule has 0 N–H and O–H groups in total. The van der Waals surface area contributed by atoms with Crippen molar-refractivity contribution in [3.05, 3.63) is 18.2 Å². The Morgan fingerprint density at radius 1 is 1.62 bits per heavy atom. The first-order chi connectivity index (χ1) is 6.03. The first kappa shape index (κ1) is 10.5. The highest BCUT2D eigenvalue weighted by Crippen LogP contribution is 2.09. The second-order valence-corrected chi connectivity index (χ2v) is 5.54. The Morgan fingerprint density at radius 3 is 2.85 bits per heavy atom. The molecule has 6 heteroatoms. The standard InChI is InChI=1S/C7H11ClN2O2S/c1-2-3-10-6-9-4-7(10)5-13(8,11)12/h4,6H,2-3,5H2,1H3. The predicted molar refractivity (Wildman–Crippen MR) is 51.0 cm³/mol. The van der Waals surface area contributed by atoms with Gasteiger partial charge in [0.05, 0.1) is 12.0 Å². The molecule has 0 saturated heterocycles. The summed E-state index contributed by atoms with van der Waals surface area (Å²) in [5, 5.41) is 0. The van der Waals surface area contributed by atoms with Crippen LogP contribution in [0.1, 0.15) is 19.0 Å². The van der Waals surface area contributed by atoms with E-state index in [0.717, 1.165) is 13.0 Å². The summed E-state index contributed by atoms with van der Waals surface area (Å²) in [5.74, 6) is -0.158. The third kappa shape index (κ3) is 3.36. The third-order valence-electron chi connectivity index (χ3n) is 1.58. The van der Waals surface area contributed by atoms with Gasteiger partial charge in [0.15, 0.2) is 0 Å². The van der Waals surface area contributed by atoms with E-state index in [2.05, 4.69) is 4.98 Å². The maximum atomic E-state index is 10.8. The van der Waals surface area contributed by atoms with Crippen LogP contribution in [0.4, 0.5) is 0 Å². The SMILES string of the molecule is CCCn1cncc1CS(=O)(=O)Cl. The van der Waals surface area contributed by atoms with Crippen molar-refractivity contribution in [2.45, 2.75) is 25.6 Å². The van der Waals surface area contributed by atoms with Gasteiger partial charge in [-0.25, -0.2) is 13.4 Å². The van der Waals surface area contributed by atoms with Crippen molar-refractivity contribution < 1.29 is 8.42 Å². The van der Waals surface area contributed by atoms with E-state index in [1.807, 2.05) is 6.92 Å². The Bertz CT molecular complexity index is 372. The van der Waals surface area contributed by atoms with E-state index in [1.54, 1.807) is 10.9 Å². The molecular formula is C7H11ClN2O2S. The minimum atomic E-state index is -3.48. The lowest BCUT2D eigenvalue weighted by Gasteiger charge is -2.03. The van der Waals surface area contributed by atoms with Crippen LogP contribution in [0.15, 0.2) is 12.5 Å². The first-order valence-electron chi connectivity index (χ1n) is 3.94. The summed E-state index contributed by atoms with van der Waals surface area (Å²) < 4.78 is 23.4. The van der Waals surface area contributed by atoms with Crippen molar-refractivity contribution in [2.75, 3.05) is 0 Å². The molecule has 0 saturated carbocycles. The van der Waals surface area contributed by atoms with Gasteiger partial charge in [-0.1, -0.05) is 6.92 Å². The molecule has 0 amide bonds. The molecule has 1 aromatic rings. The Labute approximate surface area is 82.0 Å². The molecule has 0 bridgehead atoms. The van der Waals surface area contributed by atoms with Crippen LogP contribution in [0, 0.1) is 0 Å². The van der Waals surface area contributed by atoms with E-state index < -0.39 is 9.05 Å². The van der Waals surface area contributed by atoms with Crippen LogP contribution in [0.3, 0.4) is 0 Å². The minimum Gasteiger partial charge on any atom is -0.334 e. The Morgan fingerprint density at radius 2 is 2.31 bits per heavy atom. The van der Waals surface area contributed by atoms with E-state index in [-0.39, 0.29) is 5.75 Å². The maximum Gasteiger partial charge on any atom is 0.238 e. The number of nitrogens with zero attached hydrogens (tertiary/aromatic N) is 2. The zero-order valence-electron chi connectivity index (χ0n) is 7.27. The van der Waals surface area contributed by atoms with E-state index in [1.165, 1.54) is 6.20 Å². The van der Waals surface area contributed by atoms with Crippen LogP contribution in [0.5, 0.6) is 0 Å². The average Bonchev–Trinajstić information content (AvgIpc) is 2.34. The predicted octanol–water partition coefficient (Wildman–Crippen LogP) is 1.36. The number of hydrogen-bond donors (Lipinski definition) is 0. The van der Waals surface area contributed by atoms with Crippen LogP contribution in [0.2, 0.25) is 0 Å². The molecule has 0 atom stereocenters. The number of halogens is 1. The molecule has 0 unspecified atom stereocenters. The summed E-state index contributed by atoms with van der Waals surface area (Å²) in [6, 6.07) is 0. The largest absolute Gasteiger partial charge is 0.334 e. The van der Waals surface area contributed by atoms with E-state index in [9.17, 15) is 8.42 Å². The highest BCUT2D eigenvalue weighted by Gasteiger charge is 2.10. The number of imidazole rings is 1. The molecule has 1 rings (SSSR count). The fourth-order valence-corrected chi connectivity index (χ4v) is 2.02. The molecule has 0 radical (unpaired) electrons. The third-order valence-corrected chi connectivity index (χ3v) is 2.55. The molecule has 13 heavy (non-hydrogen) atoms. The second kappa shape index (κ2) is 4.11. The lowest BCUT2D eigenvalue weighted by molar-refractivity contribution is 0.603. The molecule has 0 aromatic carbocycles. The van der Waals surface area contributed by atoms with Gasteiger partial charge in [0.1, 0.15) is 5.75 Å². The molecule has 0 fully saturated rings. The molecule has 0 aliphatic heterocycles. The van der Waals surface area contributed by atoms with E-state index in [4.69, 9.17) is 10.7 Å². The Hall–Kier alpha value is -0.550. The number of aromatic nitrogens is 2. The fraction of sp³-hybridized carbons (Fsp3) is 0.571. The van der Waals surface area contributed by atoms with Crippen molar-refractivity contribution in [3.63, 3.8) is 0 Å². The highest BCUT2D eigenvalue weighted by atomic mass is 35.7. The molecule has 1 aromatic heterocycles. The second-order valence-electron chi connectivity index (χ2n) is 2.76. The lowest BCUT2D eigenvalue weighted by Crippen LogP contribution is -2.04. The van der Waals surface area contributed by atoms with Crippen molar-refractivity contribution >= 4 is 19.7 Å². The monoisotopic (exact) mass is 222 g/mol. The van der Waals surface area contributed by atoms with Gasteiger partial charge in [-0.05, 0) is 6.42 Å². The summed E-state index contributed by atoms with van der Waals surface area (Å²) in [6.45, 7) is 2.78. The summed E-state index contributed by atoms with van der Waals surface area (Å²) in [4.78, 5) is 3.86. The van der Waals surface area contributed by atoms with Gasteiger partial charge in [0.2, 0.25) is 9.05 Å². The molecule has 4 nitrogen and oxygen atoms in total. The van der Waals surface area contributed by atoms with Crippen LogP contribution < -0.4 is 0 Å². The molecule has 74 valence electrons. The highest BCUT2D eigenvalue weighted by molar-refractivity contribution is 8.13. The summed E-state index contributed by atoms with van der Waals surface area (Å²) in [7, 11) is 1.65. The van der Waals surface area contributed by atoms with Crippen molar-refractivity contribution in [3.8, 4) is 0 Å². The molecule has 0 aliphatic carbocycles. The molecule has 0 spiro atoms. The van der Waals surface area contributed by atoms with E-state index >= 15 is 0 Å². The van der Waals surface area contributed by atoms with Gasteiger partial charge in [-0.15, -0.1) is 0 Å². The first-order valence-corrected chi connectivity index (χ1v) is 6.42. The van der Waals surface area contributed by atoms with Crippen molar-refractivity contribution in [1.82, 2.24) is 9.55 Å². The molecule has 1 heterocycles. The van der Waals surface area contributed by atoms with Crippen LogP contribution >= 0.6 is 10.7 Å². The fourth-order valence-electron chi connectivity index (χ4n) is 1.09. The number of rotatable bonds is 4. The number of aryl methyl sites for hydroxylation is 1. The van der Waals surface area contributed by atoms with Gasteiger partial charge >= 0.3 is 0 Å². The summed E-state index contributed by atoms with van der Waals surface area (Å²) >= 11 is 0.